The highest BCUT2D eigenvalue weighted by Gasteiger charge is 2.16. The summed E-state index contributed by atoms with van der Waals surface area (Å²) in [5, 5.41) is 14.8. The van der Waals surface area contributed by atoms with E-state index < -0.39 is 0 Å². The highest BCUT2D eigenvalue weighted by atomic mass is 32.1. The van der Waals surface area contributed by atoms with Crippen LogP contribution in [0.3, 0.4) is 0 Å². The fourth-order valence-electron chi connectivity index (χ4n) is 1.74. The van der Waals surface area contributed by atoms with Gasteiger partial charge in [0.25, 0.3) is 0 Å². The van der Waals surface area contributed by atoms with Gasteiger partial charge in [-0.05, 0) is 36.8 Å². The SMILES string of the molecule is C=CCC(NC(CC)CO)c1sccc1C. The molecule has 2 unspecified atom stereocenters. The Morgan fingerprint density at radius 1 is 1.62 bits per heavy atom. The molecule has 0 aliphatic carbocycles. The largest absolute Gasteiger partial charge is 0.395 e. The Balaban J connectivity index is 2.75. The molecule has 0 bridgehead atoms. The summed E-state index contributed by atoms with van der Waals surface area (Å²) in [7, 11) is 0. The van der Waals surface area contributed by atoms with Crippen molar-refractivity contribution >= 4 is 11.3 Å². The summed E-state index contributed by atoms with van der Waals surface area (Å²) < 4.78 is 0. The van der Waals surface area contributed by atoms with E-state index in [0.717, 1.165) is 12.8 Å². The molecule has 0 aliphatic heterocycles. The Morgan fingerprint density at radius 2 is 2.38 bits per heavy atom. The average Bonchev–Trinajstić information content (AvgIpc) is 2.71. The van der Waals surface area contributed by atoms with Gasteiger partial charge in [0.2, 0.25) is 0 Å². The van der Waals surface area contributed by atoms with Gasteiger partial charge < -0.3 is 10.4 Å². The van der Waals surface area contributed by atoms with Gasteiger partial charge in [-0.15, -0.1) is 17.9 Å². The molecular weight excluding hydrogens is 218 g/mol. The predicted molar refractivity (Wildman–Crippen MR) is 70.9 cm³/mol. The van der Waals surface area contributed by atoms with Crippen molar-refractivity contribution in [1.29, 1.82) is 0 Å². The van der Waals surface area contributed by atoms with Gasteiger partial charge in [0.15, 0.2) is 0 Å². The number of hydrogen-bond acceptors (Lipinski definition) is 3. The van der Waals surface area contributed by atoms with Crippen LogP contribution in [0.1, 0.15) is 36.2 Å². The zero-order valence-electron chi connectivity index (χ0n) is 10.1. The zero-order chi connectivity index (χ0) is 12.0. The van der Waals surface area contributed by atoms with Crippen molar-refractivity contribution < 1.29 is 5.11 Å². The topological polar surface area (TPSA) is 32.3 Å². The van der Waals surface area contributed by atoms with Gasteiger partial charge in [-0.25, -0.2) is 0 Å². The summed E-state index contributed by atoms with van der Waals surface area (Å²) in [4.78, 5) is 1.35. The maximum Gasteiger partial charge on any atom is 0.0584 e. The molecule has 2 nitrogen and oxygen atoms in total. The van der Waals surface area contributed by atoms with Crippen LogP contribution in [0.25, 0.3) is 0 Å². The fraction of sp³-hybridized carbons (Fsp3) is 0.538. The van der Waals surface area contributed by atoms with E-state index in [0.29, 0.717) is 0 Å². The molecule has 0 radical (unpaired) electrons. The number of aryl methyl sites for hydroxylation is 1. The molecule has 16 heavy (non-hydrogen) atoms. The molecule has 0 spiro atoms. The van der Waals surface area contributed by atoms with Crippen LogP contribution in [0, 0.1) is 6.92 Å². The normalized spacial score (nSPS) is 14.7. The molecule has 1 aromatic rings. The fourth-order valence-corrected chi connectivity index (χ4v) is 2.74. The Bertz CT molecular complexity index is 317. The lowest BCUT2D eigenvalue weighted by molar-refractivity contribution is 0.228. The van der Waals surface area contributed by atoms with Crippen LogP contribution in [-0.2, 0) is 0 Å². The second kappa shape index (κ2) is 6.84. The molecule has 0 saturated heterocycles. The zero-order valence-corrected chi connectivity index (χ0v) is 10.9. The highest BCUT2D eigenvalue weighted by molar-refractivity contribution is 7.10. The summed E-state index contributed by atoms with van der Waals surface area (Å²) in [6.07, 6.45) is 3.77. The number of aliphatic hydroxyl groups is 1. The maximum atomic E-state index is 9.23. The van der Waals surface area contributed by atoms with Crippen LogP contribution in [0.4, 0.5) is 0 Å². The van der Waals surface area contributed by atoms with Gasteiger partial charge in [-0.1, -0.05) is 13.0 Å². The number of aliphatic hydroxyl groups excluding tert-OH is 1. The molecule has 0 aliphatic rings. The molecule has 0 saturated carbocycles. The summed E-state index contributed by atoms with van der Waals surface area (Å²) >= 11 is 1.77. The number of nitrogens with one attached hydrogen (secondary N) is 1. The summed E-state index contributed by atoms with van der Waals surface area (Å²) in [5.41, 5.74) is 1.32. The van der Waals surface area contributed by atoms with E-state index in [2.05, 4.69) is 37.2 Å². The molecule has 1 aromatic heterocycles. The number of rotatable bonds is 7. The monoisotopic (exact) mass is 239 g/mol. The molecule has 1 rings (SSSR count). The lowest BCUT2D eigenvalue weighted by Crippen LogP contribution is -2.34. The van der Waals surface area contributed by atoms with Gasteiger partial charge in [-0.2, -0.15) is 0 Å². The van der Waals surface area contributed by atoms with Gasteiger partial charge in [0, 0.05) is 17.0 Å². The first-order valence-corrected chi connectivity index (χ1v) is 6.62. The van der Waals surface area contributed by atoms with Gasteiger partial charge >= 0.3 is 0 Å². The van der Waals surface area contributed by atoms with Crippen molar-refractivity contribution in [2.24, 2.45) is 0 Å². The van der Waals surface area contributed by atoms with Crippen LogP contribution in [0.15, 0.2) is 24.1 Å². The van der Waals surface area contributed by atoms with E-state index in [9.17, 15) is 5.11 Å². The Morgan fingerprint density at radius 3 is 2.81 bits per heavy atom. The molecule has 0 aromatic carbocycles. The van der Waals surface area contributed by atoms with E-state index in [-0.39, 0.29) is 18.7 Å². The maximum absolute atomic E-state index is 9.23. The van der Waals surface area contributed by atoms with Crippen molar-refractivity contribution in [1.82, 2.24) is 5.32 Å². The van der Waals surface area contributed by atoms with E-state index in [4.69, 9.17) is 0 Å². The summed E-state index contributed by atoms with van der Waals surface area (Å²) in [6, 6.07) is 2.60. The first kappa shape index (κ1) is 13.4. The van der Waals surface area contributed by atoms with Crippen molar-refractivity contribution in [3.8, 4) is 0 Å². The summed E-state index contributed by atoms with van der Waals surface area (Å²) in [6.45, 7) is 8.20. The van der Waals surface area contributed by atoms with Crippen LogP contribution < -0.4 is 5.32 Å². The quantitative estimate of drug-likeness (QED) is 0.717. The van der Waals surface area contributed by atoms with Gasteiger partial charge in [0.05, 0.1) is 6.61 Å². The lowest BCUT2D eigenvalue weighted by atomic mass is 10.1. The predicted octanol–water partition coefficient (Wildman–Crippen LogP) is 3.03. The van der Waals surface area contributed by atoms with E-state index in [1.807, 2.05) is 6.08 Å². The minimum atomic E-state index is 0.173. The molecule has 3 heteroatoms. The number of hydrogen-bond donors (Lipinski definition) is 2. The lowest BCUT2D eigenvalue weighted by Gasteiger charge is -2.22. The second-order valence-electron chi connectivity index (χ2n) is 4.00. The van der Waals surface area contributed by atoms with Crippen molar-refractivity contribution in [2.45, 2.75) is 38.8 Å². The van der Waals surface area contributed by atoms with Crippen molar-refractivity contribution in [3.63, 3.8) is 0 Å². The average molecular weight is 239 g/mol. The Labute approximate surface area is 102 Å². The van der Waals surface area contributed by atoms with Crippen LogP contribution in [0.5, 0.6) is 0 Å². The molecule has 1 heterocycles. The third-order valence-electron chi connectivity index (χ3n) is 2.77. The van der Waals surface area contributed by atoms with E-state index in [1.54, 1.807) is 11.3 Å². The summed E-state index contributed by atoms with van der Waals surface area (Å²) in [5.74, 6) is 0. The van der Waals surface area contributed by atoms with E-state index >= 15 is 0 Å². The number of thiophene rings is 1. The second-order valence-corrected chi connectivity index (χ2v) is 4.95. The molecular formula is C13H21NOS. The molecule has 2 N–H and O–H groups in total. The third-order valence-corrected chi connectivity index (χ3v) is 3.90. The smallest absolute Gasteiger partial charge is 0.0584 e. The third kappa shape index (κ3) is 3.44. The molecule has 0 amide bonds. The minimum absolute atomic E-state index is 0.173. The first-order valence-electron chi connectivity index (χ1n) is 5.74. The Kier molecular flexibility index (Phi) is 5.74. The Hall–Kier alpha value is -0.640. The minimum Gasteiger partial charge on any atom is -0.395 e. The van der Waals surface area contributed by atoms with Gasteiger partial charge in [-0.3, -0.25) is 0 Å². The van der Waals surface area contributed by atoms with Crippen LogP contribution in [0.2, 0.25) is 0 Å². The van der Waals surface area contributed by atoms with Crippen molar-refractivity contribution in [3.05, 3.63) is 34.5 Å². The highest BCUT2D eigenvalue weighted by Crippen LogP contribution is 2.27. The van der Waals surface area contributed by atoms with Crippen LogP contribution in [-0.4, -0.2) is 17.8 Å². The molecule has 90 valence electrons. The van der Waals surface area contributed by atoms with Crippen molar-refractivity contribution in [2.75, 3.05) is 6.61 Å². The van der Waals surface area contributed by atoms with E-state index in [1.165, 1.54) is 10.4 Å². The first-order chi connectivity index (χ1) is 7.72. The van der Waals surface area contributed by atoms with Crippen LogP contribution >= 0.6 is 11.3 Å². The molecule has 2 atom stereocenters. The standard InChI is InChI=1S/C13H21NOS/c1-4-6-12(14-11(5-2)9-15)13-10(3)7-8-16-13/h4,7-8,11-12,14-15H,1,5-6,9H2,2-3H3. The molecule has 0 fully saturated rings. The van der Waals surface area contributed by atoms with Gasteiger partial charge in [0.1, 0.15) is 0 Å².